The molecule has 0 spiro atoms. The quantitative estimate of drug-likeness (QED) is 0.477. The highest BCUT2D eigenvalue weighted by molar-refractivity contribution is 5.23. The summed E-state index contributed by atoms with van der Waals surface area (Å²) in [5.74, 6) is 0.290. The minimum atomic E-state index is -0.172. The second-order valence-electron chi connectivity index (χ2n) is 10.2. The molecule has 5 atom stereocenters. The Morgan fingerprint density at radius 3 is 1.84 bits per heavy atom. The number of aliphatic hydroxyl groups excluding tert-OH is 2. The van der Waals surface area contributed by atoms with Crippen molar-refractivity contribution in [2.45, 2.75) is 37.7 Å². The van der Waals surface area contributed by atoms with Crippen molar-refractivity contribution in [1.29, 1.82) is 0 Å². The lowest BCUT2D eigenvalue weighted by molar-refractivity contribution is -0.106. The first kappa shape index (κ1) is 26.0. The minimum Gasteiger partial charge on any atom is -0.394 e. The van der Waals surface area contributed by atoms with Gasteiger partial charge in [0.15, 0.2) is 0 Å². The molecule has 0 bridgehead atoms. The zero-order valence-corrected chi connectivity index (χ0v) is 21.6. The summed E-state index contributed by atoms with van der Waals surface area (Å²) in [6, 6.07) is 31.0. The number of hydrogen-bond donors (Lipinski definition) is 2. The van der Waals surface area contributed by atoms with Crippen LogP contribution in [0.5, 0.6) is 0 Å². The maximum Gasteiger partial charge on any atom is 0.116 e. The number of benzene rings is 3. The van der Waals surface area contributed by atoms with Gasteiger partial charge in [-0.05, 0) is 23.1 Å². The van der Waals surface area contributed by atoms with Crippen LogP contribution in [0.1, 0.15) is 48.2 Å². The van der Waals surface area contributed by atoms with E-state index in [1.54, 1.807) is 0 Å². The van der Waals surface area contributed by atoms with Gasteiger partial charge in [0.2, 0.25) is 0 Å². The number of rotatable bonds is 8. The van der Waals surface area contributed by atoms with Crippen molar-refractivity contribution in [2.24, 2.45) is 5.92 Å². The fourth-order valence-electron chi connectivity index (χ4n) is 6.01. The van der Waals surface area contributed by atoms with Crippen LogP contribution in [0.2, 0.25) is 0 Å². The molecule has 6 nitrogen and oxygen atoms in total. The third kappa shape index (κ3) is 5.65. The average Bonchev–Trinajstić information content (AvgIpc) is 3.35. The Kier molecular flexibility index (Phi) is 8.66. The first-order valence-electron chi connectivity index (χ1n) is 13.5. The average molecular weight is 502 g/mol. The predicted octanol–water partition coefficient (Wildman–Crippen LogP) is 4.41. The van der Waals surface area contributed by atoms with E-state index in [-0.39, 0.29) is 43.5 Å². The Balaban J connectivity index is 1.53. The van der Waals surface area contributed by atoms with Gasteiger partial charge in [-0.3, -0.25) is 14.7 Å². The van der Waals surface area contributed by atoms with Gasteiger partial charge in [-0.1, -0.05) is 97.9 Å². The summed E-state index contributed by atoms with van der Waals surface area (Å²) in [6.45, 7) is 5.01. The number of hydrogen-bond acceptors (Lipinski definition) is 6. The highest BCUT2D eigenvalue weighted by Gasteiger charge is 2.44. The second-order valence-corrected chi connectivity index (χ2v) is 10.2. The standard InChI is InChI=1S/C31H39N3O3/c1-2-24-18-32(28(19-35)25-12-6-3-7-13-25)22-33(29(20-36)26-14-8-4-9-15-26)23-34-30(21-37-31(24)34)27-16-10-5-11-17-27/h3-17,24,28-31,35-36H,2,18-23H2,1H3/t24?,28-,29-,30-,31?/m0/s1. The SMILES string of the molecule is CCC1CN([C@@H](CO)c2ccccc2)CN([C@@H](CO)c2ccccc2)CN2C1OC[C@H]2c1ccccc1. The molecule has 2 heterocycles. The van der Waals surface area contributed by atoms with Gasteiger partial charge >= 0.3 is 0 Å². The molecule has 3 aromatic carbocycles. The van der Waals surface area contributed by atoms with Crippen molar-refractivity contribution in [3.8, 4) is 0 Å². The van der Waals surface area contributed by atoms with Gasteiger partial charge in [-0.15, -0.1) is 0 Å². The van der Waals surface area contributed by atoms with Crippen LogP contribution in [-0.2, 0) is 4.74 Å². The third-order valence-electron chi connectivity index (χ3n) is 8.04. The molecule has 2 unspecified atom stereocenters. The van der Waals surface area contributed by atoms with Gasteiger partial charge in [0, 0.05) is 12.5 Å². The van der Waals surface area contributed by atoms with Crippen LogP contribution in [0.15, 0.2) is 91.0 Å². The van der Waals surface area contributed by atoms with Gasteiger partial charge in [0.05, 0.1) is 51.3 Å². The number of ether oxygens (including phenoxy) is 1. The second kappa shape index (κ2) is 12.3. The lowest BCUT2D eigenvalue weighted by Crippen LogP contribution is -2.56. The first-order valence-corrected chi connectivity index (χ1v) is 13.5. The molecule has 0 aromatic heterocycles. The van der Waals surface area contributed by atoms with E-state index < -0.39 is 0 Å². The van der Waals surface area contributed by atoms with E-state index in [4.69, 9.17) is 4.74 Å². The first-order chi connectivity index (χ1) is 18.2. The molecule has 2 saturated heterocycles. The Labute approximate surface area is 220 Å². The molecule has 6 heteroatoms. The molecular formula is C31H39N3O3. The Bertz CT molecular complexity index is 1080. The summed E-state index contributed by atoms with van der Waals surface area (Å²) in [7, 11) is 0. The summed E-state index contributed by atoms with van der Waals surface area (Å²) in [5.41, 5.74) is 3.45. The third-order valence-corrected chi connectivity index (χ3v) is 8.04. The maximum atomic E-state index is 10.7. The fraction of sp³-hybridized carbons (Fsp3) is 0.419. The molecule has 2 aliphatic rings. The van der Waals surface area contributed by atoms with Crippen LogP contribution < -0.4 is 0 Å². The largest absolute Gasteiger partial charge is 0.394 e. The van der Waals surface area contributed by atoms with Gasteiger partial charge in [0.1, 0.15) is 6.23 Å². The van der Waals surface area contributed by atoms with Crippen molar-refractivity contribution < 1.29 is 14.9 Å². The van der Waals surface area contributed by atoms with Gasteiger partial charge in [-0.2, -0.15) is 0 Å². The molecule has 0 radical (unpaired) electrons. The van der Waals surface area contributed by atoms with Gasteiger partial charge in [0.25, 0.3) is 0 Å². The molecule has 2 fully saturated rings. The molecule has 2 N–H and O–H groups in total. The Morgan fingerprint density at radius 1 is 0.757 bits per heavy atom. The highest BCUT2D eigenvalue weighted by atomic mass is 16.5. The van der Waals surface area contributed by atoms with Gasteiger partial charge < -0.3 is 14.9 Å². The molecule has 37 heavy (non-hydrogen) atoms. The minimum absolute atomic E-state index is 0.0134. The van der Waals surface area contributed by atoms with E-state index in [0.29, 0.717) is 19.9 Å². The molecule has 0 saturated carbocycles. The monoisotopic (exact) mass is 501 g/mol. The predicted molar refractivity (Wildman–Crippen MR) is 145 cm³/mol. The van der Waals surface area contributed by atoms with E-state index in [9.17, 15) is 10.2 Å². The van der Waals surface area contributed by atoms with Crippen molar-refractivity contribution in [2.75, 3.05) is 39.7 Å². The van der Waals surface area contributed by atoms with Crippen LogP contribution in [0, 0.1) is 5.92 Å². The summed E-state index contributed by atoms with van der Waals surface area (Å²) in [6.07, 6.45) is 0.944. The molecule has 2 aliphatic heterocycles. The van der Waals surface area contributed by atoms with Gasteiger partial charge in [-0.25, -0.2) is 0 Å². The number of aliphatic hydroxyl groups is 2. The molecule has 196 valence electrons. The van der Waals surface area contributed by atoms with Crippen LogP contribution >= 0.6 is 0 Å². The molecule has 3 aromatic rings. The lowest BCUT2D eigenvalue weighted by atomic mass is 9.97. The van der Waals surface area contributed by atoms with Crippen LogP contribution in [0.3, 0.4) is 0 Å². The lowest BCUT2D eigenvalue weighted by Gasteiger charge is -2.47. The molecule has 5 rings (SSSR count). The number of fused-ring (bicyclic) bond motifs is 1. The smallest absolute Gasteiger partial charge is 0.116 e. The van der Waals surface area contributed by atoms with E-state index in [0.717, 1.165) is 24.1 Å². The number of nitrogens with zero attached hydrogens (tertiary/aromatic N) is 3. The topological polar surface area (TPSA) is 59.4 Å². The van der Waals surface area contributed by atoms with Crippen molar-refractivity contribution >= 4 is 0 Å². The highest BCUT2D eigenvalue weighted by Crippen LogP contribution is 2.39. The Hall–Kier alpha value is -2.58. The molecular weight excluding hydrogens is 462 g/mol. The zero-order chi connectivity index (χ0) is 25.6. The fourth-order valence-corrected chi connectivity index (χ4v) is 6.01. The molecule has 0 amide bonds. The van der Waals surface area contributed by atoms with Crippen molar-refractivity contribution in [1.82, 2.24) is 14.7 Å². The van der Waals surface area contributed by atoms with E-state index in [1.807, 2.05) is 36.4 Å². The van der Waals surface area contributed by atoms with E-state index in [1.165, 1.54) is 5.56 Å². The summed E-state index contributed by atoms with van der Waals surface area (Å²) in [4.78, 5) is 7.22. The normalized spacial score (nSPS) is 25.2. The Morgan fingerprint density at radius 2 is 1.30 bits per heavy atom. The van der Waals surface area contributed by atoms with Crippen LogP contribution in [-0.4, -0.2) is 70.8 Å². The van der Waals surface area contributed by atoms with E-state index in [2.05, 4.69) is 76.2 Å². The summed E-state index contributed by atoms with van der Waals surface area (Å²) >= 11 is 0. The zero-order valence-electron chi connectivity index (χ0n) is 21.6. The van der Waals surface area contributed by atoms with E-state index >= 15 is 0 Å². The van der Waals surface area contributed by atoms with Crippen LogP contribution in [0.4, 0.5) is 0 Å². The maximum absolute atomic E-state index is 10.7. The summed E-state index contributed by atoms with van der Waals surface area (Å²) < 4.78 is 6.55. The van der Waals surface area contributed by atoms with Crippen molar-refractivity contribution in [3.05, 3.63) is 108 Å². The van der Waals surface area contributed by atoms with Crippen LogP contribution in [0.25, 0.3) is 0 Å². The van der Waals surface area contributed by atoms with Crippen molar-refractivity contribution in [3.63, 3.8) is 0 Å². The summed E-state index contributed by atoms with van der Waals surface area (Å²) in [5, 5.41) is 21.2. The molecule has 0 aliphatic carbocycles.